The first-order chi connectivity index (χ1) is 13.6. The smallest absolute Gasteiger partial charge is 0.255 e. The first-order valence-electron chi connectivity index (χ1n) is 8.42. The zero-order chi connectivity index (χ0) is 19.9. The Kier molecular flexibility index (Phi) is 6.29. The zero-order valence-electron chi connectivity index (χ0n) is 15.4. The number of carbonyl (C=O) groups excluding carboxylic acids is 1. The predicted octanol–water partition coefficient (Wildman–Crippen LogP) is 4.39. The van der Waals surface area contributed by atoms with Gasteiger partial charge >= 0.3 is 0 Å². The van der Waals surface area contributed by atoms with Crippen molar-refractivity contribution in [3.63, 3.8) is 0 Å². The summed E-state index contributed by atoms with van der Waals surface area (Å²) in [5, 5.41) is 2.87. The molecule has 1 amide bonds. The lowest BCUT2D eigenvalue weighted by atomic mass is 10.1. The second-order valence-electron chi connectivity index (χ2n) is 5.75. The lowest BCUT2D eigenvalue weighted by Crippen LogP contribution is -2.12. The summed E-state index contributed by atoms with van der Waals surface area (Å²) in [4.78, 5) is 21.8. The van der Waals surface area contributed by atoms with Gasteiger partial charge in [0.15, 0.2) is 17.3 Å². The van der Waals surface area contributed by atoms with Crippen LogP contribution in [0.2, 0.25) is 0 Å². The standard InChI is InChI=1S/C21H19N3O3S/c1-26-17-9-8-15(12-18(17)27-2)21(25)24-16-6-3-5-14(11-16)13-23-20-19(28)7-4-10-22-20/h3-13,28H,1-2H3,(H,24,25)/b23-13+. The highest BCUT2D eigenvalue weighted by Gasteiger charge is 2.11. The van der Waals surface area contributed by atoms with Crippen molar-refractivity contribution in [1.29, 1.82) is 0 Å². The number of anilines is 1. The fourth-order valence-electron chi connectivity index (χ4n) is 2.50. The van der Waals surface area contributed by atoms with Gasteiger partial charge in [-0.1, -0.05) is 12.1 Å². The molecule has 0 unspecified atom stereocenters. The molecule has 6 nitrogen and oxygen atoms in total. The van der Waals surface area contributed by atoms with Gasteiger partial charge in [-0.15, -0.1) is 12.6 Å². The quantitative estimate of drug-likeness (QED) is 0.481. The normalized spacial score (nSPS) is 10.7. The molecule has 0 saturated heterocycles. The average Bonchev–Trinajstić information content (AvgIpc) is 2.73. The Morgan fingerprint density at radius 2 is 1.89 bits per heavy atom. The van der Waals surface area contributed by atoms with Gasteiger partial charge in [-0.25, -0.2) is 9.98 Å². The van der Waals surface area contributed by atoms with E-state index in [0.717, 1.165) is 5.56 Å². The van der Waals surface area contributed by atoms with Gasteiger partial charge in [0.25, 0.3) is 5.91 Å². The molecule has 0 fully saturated rings. The molecule has 7 heteroatoms. The lowest BCUT2D eigenvalue weighted by Gasteiger charge is -2.10. The molecule has 142 valence electrons. The second-order valence-corrected chi connectivity index (χ2v) is 6.24. The van der Waals surface area contributed by atoms with E-state index in [2.05, 4.69) is 27.9 Å². The molecule has 0 bridgehead atoms. The highest BCUT2D eigenvalue weighted by Crippen LogP contribution is 2.28. The summed E-state index contributed by atoms with van der Waals surface area (Å²) >= 11 is 4.33. The molecule has 0 aliphatic carbocycles. The number of benzene rings is 2. The van der Waals surface area contributed by atoms with E-state index in [1.54, 1.807) is 49.9 Å². The van der Waals surface area contributed by atoms with E-state index in [9.17, 15) is 4.79 Å². The number of amides is 1. The van der Waals surface area contributed by atoms with Gasteiger partial charge in [0.05, 0.1) is 14.2 Å². The van der Waals surface area contributed by atoms with Crippen molar-refractivity contribution in [2.24, 2.45) is 4.99 Å². The van der Waals surface area contributed by atoms with E-state index in [4.69, 9.17) is 9.47 Å². The Balaban J connectivity index is 1.76. The van der Waals surface area contributed by atoms with E-state index in [0.29, 0.717) is 33.5 Å². The Hall–Kier alpha value is -3.32. The third-order valence-corrected chi connectivity index (χ3v) is 4.24. The third-order valence-electron chi connectivity index (χ3n) is 3.89. The molecule has 3 rings (SSSR count). The molecular weight excluding hydrogens is 374 g/mol. The van der Waals surface area contributed by atoms with Crippen LogP contribution in [-0.2, 0) is 0 Å². The number of methoxy groups -OCH3 is 2. The minimum Gasteiger partial charge on any atom is -0.493 e. The van der Waals surface area contributed by atoms with Crippen molar-refractivity contribution in [2.75, 3.05) is 19.5 Å². The van der Waals surface area contributed by atoms with Gasteiger partial charge in [0.2, 0.25) is 0 Å². The van der Waals surface area contributed by atoms with Crippen molar-refractivity contribution in [2.45, 2.75) is 4.90 Å². The van der Waals surface area contributed by atoms with Crippen LogP contribution in [-0.4, -0.2) is 31.3 Å². The number of pyridine rings is 1. The molecule has 1 aromatic heterocycles. The number of hydrogen-bond donors (Lipinski definition) is 2. The molecule has 0 spiro atoms. The fourth-order valence-corrected chi connectivity index (χ4v) is 2.70. The largest absolute Gasteiger partial charge is 0.493 e. The number of aliphatic imine (C=N–C) groups is 1. The van der Waals surface area contributed by atoms with Gasteiger partial charge in [0, 0.05) is 28.6 Å². The Labute approximate surface area is 168 Å². The molecule has 0 atom stereocenters. The van der Waals surface area contributed by atoms with Crippen LogP contribution in [0.1, 0.15) is 15.9 Å². The summed E-state index contributed by atoms with van der Waals surface area (Å²) in [6.45, 7) is 0. The first-order valence-corrected chi connectivity index (χ1v) is 8.87. The monoisotopic (exact) mass is 393 g/mol. The van der Waals surface area contributed by atoms with Gasteiger partial charge in [-0.3, -0.25) is 4.79 Å². The number of rotatable bonds is 6. The van der Waals surface area contributed by atoms with Crippen LogP contribution >= 0.6 is 12.6 Å². The minimum absolute atomic E-state index is 0.252. The summed E-state index contributed by atoms with van der Waals surface area (Å²) in [6.07, 6.45) is 3.33. The highest BCUT2D eigenvalue weighted by molar-refractivity contribution is 7.80. The maximum atomic E-state index is 12.6. The van der Waals surface area contributed by atoms with E-state index in [-0.39, 0.29) is 5.91 Å². The lowest BCUT2D eigenvalue weighted by molar-refractivity contribution is 0.102. The number of aromatic nitrogens is 1. The third kappa shape index (κ3) is 4.69. The van der Waals surface area contributed by atoms with Gasteiger partial charge in [0.1, 0.15) is 0 Å². The highest BCUT2D eigenvalue weighted by atomic mass is 32.1. The second kappa shape index (κ2) is 9.05. The minimum atomic E-state index is -0.252. The van der Waals surface area contributed by atoms with Crippen molar-refractivity contribution in [3.05, 3.63) is 71.9 Å². The zero-order valence-corrected chi connectivity index (χ0v) is 16.3. The van der Waals surface area contributed by atoms with Gasteiger partial charge in [-0.2, -0.15) is 0 Å². The van der Waals surface area contributed by atoms with Crippen molar-refractivity contribution >= 4 is 36.3 Å². The molecule has 0 aliphatic rings. The van der Waals surface area contributed by atoms with E-state index >= 15 is 0 Å². The van der Waals surface area contributed by atoms with Gasteiger partial charge in [-0.05, 0) is 48.0 Å². The van der Waals surface area contributed by atoms with Gasteiger partial charge < -0.3 is 14.8 Å². The van der Waals surface area contributed by atoms with E-state index in [1.165, 1.54) is 7.11 Å². The Morgan fingerprint density at radius 3 is 2.64 bits per heavy atom. The number of nitrogens with one attached hydrogen (secondary N) is 1. The summed E-state index contributed by atoms with van der Waals surface area (Å²) in [5.41, 5.74) is 1.93. The number of nitrogens with zero attached hydrogens (tertiary/aromatic N) is 2. The van der Waals surface area contributed by atoms with Crippen LogP contribution in [0.4, 0.5) is 11.5 Å². The number of hydrogen-bond acceptors (Lipinski definition) is 6. The van der Waals surface area contributed by atoms with Crippen LogP contribution in [0.25, 0.3) is 0 Å². The van der Waals surface area contributed by atoms with Crippen molar-refractivity contribution in [3.8, 4) is 11.5 Å². The predicted molar refractivity (Wildman–Crippen MR) is 113 cm³/mol. The number of carbonyl (C=O) groups is 1. The molecule has 1 N–H and O–H groups in total. The van der Waals surface area contributed by atoms with Crippen LogP contribution in [0.3, 0.4) is 0 Å². The van der Waals surface area contributed by atoms with Crippen molar-refractivity contribution < 1.29 is 14.3 Å². The Bertz CT molecular complexity index is 1020. The fraction of sp³-hybridized carbons (Fsp3) is 0.0952. The SMILES string of the molecule is COc1ccc(C(=O)Nc2cccc(/C=N/c3ncccc3S)c2)cc1OC. The van der Waals surface area contributed by atoms with E-state index < -0.39 is 0 Å². The van der Waals surface area contributed by atoms with Crippen molar-refractivity contribution in [1.82, 2.24) is 4.98 Å². The van der Waals surface area contributed by atoms with Crippen LogP contribution in [0.5, 0.6) is 11.5 Å². The topological polar surface area (TPSA) is 72.8 Å². The molecule has 3 aromatic rings. The number of thiol groups is 1. The summed E-state index contributed by atoms with van der Waals surface area (Å²) in [6, 6.07) is 16.0. The molecule has 2 aromatic carbocycles. The first kappa shape index (κ1) is 19.4. The molecule has 0 aliphatic heterocycles. The van der Waals surface area contributed by atoms with Crippen LogP contribution in [0, 0.1) is 0 Å². The molecule has 1 heterocycles. The van der Waals surface area contributed by atoms with Crippen LogP contribution < -0.4 is 14.8 Å². The summed E-state index contributed by atoms with van der Waals surface area (Å²) in [7, 11) is 3.08. The maximum Gasteiger partial charge on any atom is 0.255 e. The summed E-state index contributed by atoms with van der Waals surface area (Å²) in [5.74, 6) is 1.34. The maximum absolute atomic E-state index is 12.6. The number of ether oxygens (including phenoxy) is 2. The molecular formula is C21H19N3O3S. The summed E-state index contributed by atoms with van der Waals surface area (Å²) < 4.78 is 10.4. The molecule has 0 radical (unpaired) electrons. The van der Waals surface area contributed by atoms with Crippen LogP contribution in [0.15, 0.2) is 70.7 Å². The van der Waals surface area contributed by atoms with E-state index in [1.807, 2.05) is 24.3 Å². The Morgan fingerprint density at radius 1 is 1.07 bits per heavy atom. The molecule has 0 saturated carbocycles. The molecule has 28 heavy (non-hydrogen) atoms. The average molecular weight is 393 g/mol.